The summed E-state index contributed by atoms with van der Waals surface area (Å²) < 4.78 is 5.71. The lowest BCUT2D eigenvalue weighted by Crippen LogP contribution is -2.36. The second-order valence-corrected chi connectivity index (χ2v) is 7.52. The molecule has 6 nitrogen and oxygen atoms in total. The van der Waals surface area contributed by atoms with Crippen molar-refractivity contribution < 1.29 is 9.53 Å². The second-order valence-electron chi connectivity index (χ2n) is 7.52. The highest BCUT2D eigenvalue weighted by Crippen LogP contribution is 2.13. The Hall–Kier alpha value is -3.02. The van der Waals surface area contributed by atoms with Crippen molar-refractivity contribution in [2.24, 2.45) is 10.9 Å². The average Bonchev–Trinajstić information content (AvgIpc) is 2.73. The third-order valence-corrected chi connectivity index (χ3v) is 4.26. The first-order valence-electron chi connectivity index (χ1n) is 9.86. The minimum absolute atomic E-state index is 0.00242. The summed E-state index contributed by atoms with van der Waals surface area (Å²) in [5.74, 6) is 2.12. The molecule has 1 amide bonds. The van der Waals surface area contributed by atoms with Crippen molar-refractivity contribution in [3.8, 4) is 5.75 Å². The number of nitrogens with one attached hydrogen (secondary N) is 2. The lowest BCUT2D eigenvalue weighted by molar-refractivity contribution is 0.0827. The normalized spacial score (nSPS) is 11.3. The third kappa shape index (κ3) is 7.49. The Morgan fingerprint density at radius 1 is 0.966 bits per heavy atom. The fraction of sp³-hybridized carbons (Fsp3) is 0.391. The number of carbonyl (C=O) groups excluding carboxylic acids is 1. The van der Waals surface area contributed by atoms with Crippen LogP contribution in [0.1, 0.15) is 35.3 Å². The van der Waals surface area contributed by atoms with E-state index in [1.54, 1.807) is 26.0 Å². The molecular formula is C23H32N4O2. The van der Waals surface area contributed by atoms with E-state index in [0.29, 0.717) is 24.6 Å². The summed E-state index contributed by atoms with van der Waals surface area (Å²) >= 11 is 0. The van der Waals surface area contributed by atoms with Crippen LogP contribution in [0.5, 0.6) is 5.75 Å². The van der Waals surface area contributed by atoms with Gasteiger partial charge in [0.15, 0.2) is 5.96 Å². The number of benzene rings is 2. The molecule has 0 radical (unpaired) electrons. The maximum Gasteiger partial charge on any atom is 0.253 e. The number of amides is 1. The van der Waals surface area contributed by atoms with Crippen LogP contribution in [0.3, 0.4) is 0 Å². The van der Waals surface area contributed by atoms with Gasteiger partial charge in [0.05, 0.1) is 6.61 Å². The molecule has 0 aliphatic heterocycles. The molecule has 29 heavy (non-hydrogen) atoms. The van der Waals surface area contributed by atoms with Crippen LogP contribution in [0, 0.1) is 5.92 Å². The van der Waals surface area contributed by atoms with Gasteiger partial charge in [-0.1, -0.05) is 38.1 Å². The molecule has 6 heteroatoms. The first kappa shape index (κ1) is 22.3. The molecule has 2 aromatic rings. The standard InChI is InChI=1S/C23H32N4O2/c1-17(2)16-29-21-12-8-19(9-13-21)15-26-23(24-3)25-14-18-6-10-20(11-7-18)22(28)27(4)5/h6-13,17H,14-16H2,1-5H3,(H2,24,25,26). The van der Waals surface area contributed by atoms with Crippen LogP contribution in [0.25, 0.3) is 0 Å². The predicted octanol–water partition coefficient (Wildman–Crippen LogP) is 3.29. The fourth-order valence-electron chi connectivity index (χ4n) is 2.58. The molecule has 0 saturated heterocycles. The first-order chi connectivity index (χ1) is 13.9. The van der Waals surface area contributed by atoms with E-state index < -0.39 is 0 Å². The summed E-state index contributed by atoms with van der Waals surface area (Å²) in [5, 5.41) is 6.60. The Morgan fingerprint density at radius 2 is 1.48 bits per heavy atom. The number of carbonyl (C=O) groups is 1. The van der Waals surface area contributed by atoms with Gasteiger partial charge in [0.1, 0.15) is 5.75 Å². The zero-order valence-electron chi connectivity index (χ0n) is 18.0. The van der Waals surface area contributed by atoms with Crippen molar-refractivity contribution in [2.45, 2.75) is 26.9 Å². The third-order valence-electron chi connectivity index (χ3n) is 4.26. The number of ether oxygens (including phenoxy) is 1. The summed E-state index contributed by atoms with van der Waals surface area (Å²) in [5.41, 5.74) is 2.91. The summed E-state index contributed by atoms with van der Waals surface area (Å²) in [6.07, 6.45) is 0. The molecule has 0 unspecified atom stereocenters. The SMILES string of the molecule is CN=C(NCc1ccc(OCC(C)C)cc1)NCc1ccc(C(=O)N(C)C)cc1. The molecule has 0 aromatic heterocycles. The molecule has 2 aromatic carbocycles. The van der Waals surface area contributed by atoms with Crippen LogP contribution in [0.2, 0.25) is 0 Å². The van der Waals surface area contributed by atoms with E-state index in [-0.39, 0.29) is 5.91 Å². The van der Waals surface area contributed by atoms with Crippen LogP contribution in [-0.2, 0) is 13.1 Å². The van der Waals surface area contributed by atoms with Crippen molar-refractivity contribution in [3.05, 3.63) is 65.2 Å². The van der Waals surface area contributed by atoms with Crippen molar-refractivity contribution in [1.82, 2.24) is 15.5 Å². The van der Waals surface area contributed by atoms with E-state index in [1.807, 2.05) is 36.4 Å². The van der Waals surface area contributed by atoms with Gasteiger partial charge in [0.2, 0.25) is 0 Å². The zero-order valence-corrected chi connectivity index (χ0v) is 18.0. The summed E-state index contributed by atoms with van der Waals surface area (Å²) in [6, 6.07) is 15.7. The Labute approximate surface area is 174 Å². The Balaban J connectivity index is 1.81. The van der Waals surface area contributed by atoms with E-state index >= 15 is 0 Å². The molecular weight excluding hydrogens is 364 g/mol. The van der Waals surface area contributed by atoms with E-state index in [1.165, 1.54) is 0 Å². The number of nitrogens with zero attached hydrogens (tertiary/aromatic N) is 2. The summed E-state index contributed by atoms with van der Waals surface area (Å²) in [6.45, 7) is 6.28. The van der Waals surface area contributed by atoms with E-state index in [2.05, 4.69) is 41.6 Å². The zero-order chi connectivity index (χ0) is 21.2. The maximum atomic E-state index is 11.9. The molecule has 2 N–H and O–H groups in total. The van der Waals surface area contributed by atoms with Gasteiger partial charge in [-0.2, -0.15) is 0 Å². The van der Waals surface area contributed by atoms with Gasteiger partial charge in [-0.15, -0.1) is 0 Å². The molecule has 0 fully saturated rings. The largest absolute Gasteiger partial charge is 0.493 e. The highest BCUT2D eigenvalue weighted by atomic mass is 16.5. The molecule has 0 spiro atoms. The Morgan fingerprint density at radius 3 is 1.93 bits per heavy atom. The Kier molecular flexibility index (Phi) is 8.52. The van der Waals surface area contributed by atoms with Crippen LogP contribution in [-0.4, -0.2) is 44.5 Å². The van der Waals surface area contributed by atoms with E-state index in [4.69, 9.17) is 4.74 Å². The minimum atomic E-state index is 0.00242. The molecule has 156 valence electrons. The highest BCUT2D eigenvalue weighted by Gasteiger charge is 2.07. The number of guanidine groups is 1. The summed E-state index contributed by atoms with van der Waals surface area (Å²) in [7, 11) is 5.25. The average molecular weight is 397 g/mol. The van der Waals surface area contributed by atoms with E-state index in [0.717, 1.165) is 29.4 Å². The number of rotatable bonds is 8. The molecule has 0 aliphatic rings. The van der Waals surface area contributed by atoms with Gasteiger partial charge in [-0.05, 0) is 41.3 Å². The molecule has 0 aliphatic carbocycles. The Bertz CT molecular complexity index is 797. The topological polar surface area (TPSA) is 66.0 Å². The van der Waals surface area contributed by atoms with Crippen molar-refractivity contribution in [1.29, 1.82) is 0 Å². The molecule has 0 atom stereocenters. The smallest absolute Gasteiger partial charge is 0.253 e. The molecule has 0 bridgehead atoms. The van der Waals surface area contributed by atoms with Gasteiger partial charge < -0.3 is 20.3 Å². The van der Waals surface area contributed by atoms with Gasteiger partial charge in [-0.25, -0.2) is 0 Å². The fourth-order valence-corrected chi connectivity index (χ4v) is 2.58. The maximum absolute atomic E-state index is 11.9. The number of aliphatic imine (C=N–C) groups is 1. The summed E-state index contributed by atoms with van der Waals surface area (Å²) in [4.78, 5) is 17.8. The molecule has 0 saturated carbocycles. The van der Waals surface area contributed by atoms with Gasteiger partial charge >= 0.3 is 0 Å². The minimum Gasteiger partial charge on any atom is -0.493 e. The monoisotopic (exact) mass is 396 g/mol. The van der Waals surface area contributed by atoms with Crippen LogP contribution in [0.4, 0.5) is 0 Å². The van der Waals surface area contributed by atoms with Gasteiger partial charge in [-0.3, -0.25) is 9.79 Å². The number of hydrogen-bond donors (Lipinski definition) is 2. The van der Waals surface area contributed by atoms with Gasteiger partial charge in [0.25, 0.3) is 5.91 Å². The quantitative estimate of drug-likeness (QED) is 0.531. The second kappa shape index (κ2) is 11.1. The van der Waals surface area contributed by atoms with Crippen LogP contribution < -0.4 is 15.4 Å². The van der Waals surface area contributed by atoms with Gasteiger partial charge in [0, 0.05) is 39.8 Å². The van der Waals surface area contributed by atoms with Crippen LogP contribution >= 0.6 is 0 Å². The predicted molar refractivity (Wildman–Crippen MR) is 118 cm³/mol. The van der Waals surface area contributed by atoms with Crippen molar-refractivity contribution in [2.75, 3.05) is 27.7 Å². The molecule has 0 heterocycles. The van der Waals surface area contributed by atoms with Crippen molar-refractivity contribution >= 4 is 11.9 Å². The lowest BCUT2D eigenvalue weighted by atomic mass is 10.1. The molecule has 2 rings (SSSR count). The van der Waals surface area contributed by atoms with Crippen molar-refractivity contribution in [3.63, 3.8) is 0 Å². The van der Waals surface area contributed by atoms with Crippen LogP contribution in [0.15, 0.2) is 53.5 Å². The first-order valence-corrected chi connectivity index (χ1v) is 9.86. The van der Waals surface area contributed by atoms with E-state index in [9.17, 15) is 4.79 Å². The number of hydrogen-bond acceptors (Lipinski definition) is 3. The lowest BCUT2D eigenvalue weighted by Gasteiger charge is -2.14. The highest BCUT2D eigenvalue weighted by molar-refractivity contribution is 5.93.